The Morgan fingerprint density at radius 3 is 2.79 bits per heavy atom. The second-order valence-corrected chi connectivity index (χ2v) is 8.96. The topological polar surface area (TPSA) is 124 Å². The van der Waals surface area contributed by atoms with E-state index in [0.29, 0.717) is 35.7 Å². The third-order valence-electron chi connectivity index (χ3n) is 5.81. The molecule has 34 heavy (non-hydrogen) atoms. The van der Waals surface area contributed by atoms with E-state index in [4.69, 9.17) is 21.3 Å². The van der Waals surface area contributed by atoms with Gasteiger partial charge in [-0.1, -0.05) is 17.7 Å². The number of carbonyl (C=O) groups is 1. The van der Waals surface area contributed by atoms with Gasteiger partial charge in [0.2, 0.25) is 0 Å². The molecule has 0 amide bonds. The van der Waals surface area contributed by atoms with Crippen molar-refractivity contribution < 1.29 is 14.6 Å². The van der Waals surface area contributed by atoms with E-state index in [2.05, 4.69) is 26.3 Å². The fourth-order valence-corrected chi connectivity index (χ4v) is 4.30. The number of benzene rings is 1. The van der Waals surface area contributed by atoms with Gasteiger partial charge in [0.1, 0.15) is 11.2 Å². The van der Waals surface area contributed by atoms with Crippen LogP contribution in [0.3, 0.4) is 0 Å². The molecule has 0 saturated carbocycles. The molecule has 2 N–H and O–H groups in total. The van der Waals surface area contributed by atoms with E-state index < -0.39 is 5.97 Å². The van der Waals surface area contributed by atoms with Crippen LogP contribution >= 0.6 is 11.6 Å². The van der Waals surface area contributed by atoms with Gasteiger partial charge in [0.15, 0.2) is 17.2 Å². The maximum atomic E-state index is 11.7. The van der Waals surface area contributed by atoms with Crippen molar-refractivity contribution in [3.8, 4) is 6.07 Å². The van der Waals surface area contributed by atoms with Crippen LogP contribution in [0.4, 0.5) is 11.5 Å². The Kier molecular flexibility index (Phi) is 6.55. The Hall–Kier alpha value is -3.48. The lowest BCUT2D eigenvalue weighted by Crippen LogP contribution is -2.48. The summed E-state index contributed by atoms with van der Waals surface area (Å²) >= 11 is 5.89. The molecule has 0 aliphatic carbocycles. The molecule has 1 aliphatic rings. The first-order chi connectivity index (χ1) is 16.2. The average Bonchev–Trinajstić information content (AvgIpc) is 2.80. The molecule has 10 heteroatoms. The quantitative estimate of drug-likeness (QED) is 0.513. The molecule has 0 unspecified atom stereocenters. The molecule has 2 aromatic heterocycles. The number of fused-ring (bicyclic) bond motifs is 1. The monoisotopic (exact) mass is 480 g/mol. The molecule has 1 saturated heterocycles. The SMILES string of the molecule is Cc1cc([C@@H](C)Nc2ccc(Cl)nc2C(=O)O)c2nc(N3C[C@@H](C)OC[C@H]3C)c(C#N)nc2c1. The Balaban J connectivity index is 1.82. The Morgan fingerprint density at radius 2 is 2.09 bits per heavy atom. The predicted molar refractivity (Wildman–Crippen MR) is 129 cm³/mol. The number of halogens is 1. The highest BCUT2D eigenvalue weighted by Crippen LogP contribution is 2.31. The van der Waals surface area contributed by atoms with E-state index in [1.807, 2.05) is 39.8 Å². The molecule has 4 rings (SSSR count). The van der Waals surface area contributed by atoms with Gasteiger partial charge in [0.25, 0.3) is 0 Å². The predicted octanol–water partition coefficient (Wildman–Crippen LogP) is 4.34. The highest BCUT2D eigenvalue weighted by molar-refractivity contribution is 6.29. The maximum Gasteiger partial charge on any atom is 0.356 e. The normalized spacial score (nSPS) is 19.0. The zero-order chi connectivity index (χ0) is 24.6. The van der Waals surface area contributed by atoms with Crippen LogP contribution in [-0.2, 0) is 4.74 Å². The number of nitriles is 1. The van der Waals surface area contributed by atoms with Crippen LogP contribution < -0.4 is 10.2 Å². The summed E-state index contributed by atoms with van der Waals surface area (Å²) in [5.74, 6) is -0.656. The summed E-state index contributed by atoms with van der Waals surface area (Å²) in [7, 11) is 0. The van der Waals surface area contributed by atoms with Crippen molar-refractivity contribution in [2.24, 2.45) is 0 Å². The summed E-state index contributed by atoms with van der Waals surface area (Å²) in [5.41, 5.74) is 3.47. The molecule has 3 aromatic rings. The number of morpholine rings is 1. The minimum Gasteiger partial charge on any atom is -0.476 e. The smallest absolute Gasteiger partial charge is 0.356 e. The van der Waals surface area contributed by atoms with Crippen molar-refractivity contribution in [1.29, 1.82) is 5.26 Å². The van der Waals surface area contributed by atoms with Crippen molar-refractivity contribution in [1.82, 2.24) is 15.0 Å². The fraction of sp³-hybridized carbons (Fsp3) is 0.375. The van der Waals surface area contributed by atoms with Crippen molar-refractivity contribution in [3.05, 3.63) is 51.9 Å². The van der Waals surface area contributed by atoms with Gasteiger partial charge >= 0.3 is 5.97 Å². The lowest BCUT2D eigenvalue weighted by atomic mass is 10.0. The standard InChI is InChI=1S/C24H25ClN6O3/c1-12-7-16(15(4)27-17-5-6-20(25)29-22(17)24(32)33)21-18(8-12)28-19(9-26)23(30-21)31-10-14(3)34-11-13(31)2/h5-8,13-15,27H,10-11H2,1-4H3,(H,32,33)/t13-,14-,15-/m1/s1. The lowest BCUT2D eigenvalue weighted by Gasteiger charge is -2.37. The Bertz CT molecular complexity index is 1310. The summed E-state index contributed by atoms with van der Waals surface area (Å²) in [4.78, 5) is 27.2. The van der Waals surface area contributed by atoms with Crippen LogP contribution in [-0.4, -0.2) is 51.3 Å². The molecule has 1 fully saturated rings. The van der Waals surface area contributed by atoms with E-state index in [1.165, 1.54) is 6.07 Å². The zero-order valence-corrected chi connectivity index (χ0v) is 20.1. The molecule has 0 radical (unpaired) electrons. The first-order valence-electron chi connectivity index (χ1n) is 10.9. The number of hydrogen-bond acceptors (Lipinski definition) is 8. The molecule has 1 aliphatic heterocycles. The van der Waals surface area contributed by atoms with Crippen LogP contribution in [0, 0.1) is 18.3 Å². The van der Waals surface area contributed by atoms with Gasteiger partial charge < -0.3 is 20.1 Å². The van der Waals surface area contributed by atoms with E-state index >= 15 is 0 Å². The van der Waals surface area contributed by atoms with Crippen molar-refractivity contribution in [2.75, 3.05) is 23.4 Å². The molecule has 1 aromatic carbocycles. The van der Waals surface area contributed by atoms with Crippen LogP contribution in [0.15, 0.2) is 24.3 Å². The van der Waals surface area contributed by atoms with Gasteiger partial charge in [-0.3, -0.25) is 0 Å². The highest BCUT2D eigenvalue weighted by atomic mass is 35.5. The number of nitrogens with one attached hydrogen (secondary N) is 1. The van der Waals surface area contributed by atoms with Crippen molar-refractivity contribution in [2.45, 2.75) is 45.9 Å². The minimum absolute atomic E-state index is 0.00478. The summed E-state index contributed by atoms with van der Waals surface area (Å²) in [5, 5.41) is 22.7. The third kappa shape index (κ3) is 4.60. The number of anilines is 2. The van der Waals surface area contributed by atoms with E-state index in [1.54, 1.807) is 6.07 Å². The second kappa shape index (κ2) is 9.41. The number of aromatic nitrogens is 3. The second-order valence-electron chi connectivity index (χ2n) is 8.58. The van der Waals surface area contributed by atoms with E-state index in [9.17, 15) is 15.2 Å². The van der Waals surface area contributed by atoms with Gasteiger partial charge in [-0.25, -0.2) is 19.7 Å². The number of aryl methyl sites for hydroxylation is 1. The van der Waals surface area contributed by atoms with Crippen LogP contribution in [0.1, 0.15) is 54.1 Å². The molecule has 176 valence electrons. The van der Waals surface area contributed by atoms with Crippen molar-refractivity contribution in [3.63, 3.8) is 0 Å². The Morgan fingerprint density at radius 1 is 1.32 bits per heavy atom. The molecule has 3 heterocycles. The number of pyridine rings is 1. The maximum absolute atomic E-state index is 11.7. The van der Waals surface area contributed by atoms with Gasteiger partial charge in [-0.15, -0.1) is 0 Å². The number of carboxylic acids is 1. The zero-order valence-electron chi connectivity index (χ0n) is 19.3. The fourth-order valence-electron chi connectivity index (χ4n) is 4.15. The van der Waals surface area contributed by atoms with Gasteiger partial charge in [-0.05, 0) is 51.5 Å². The van der Waals surface area contributed by atoms with Crippen LogP contribution in [0.5, 0.6) is 0 Å². The first kappa shape index (κ1) is 23.7. The number of ether oxygens (including phenoxy) is 1. The van der Waals surface area contributed by atoms with E-state index in [-0.39, 0.29) is 34.7 Å². The van der Waals surface area contributed by atoms with Gasteiger partial charge in [0, 0.05) is 12.1 Å². The summed E-state index contributed by atoms with van der Waals surface area (Å²) in [6, 6.07) is 8.91. The molecule has 0 spiro atoms. The number of carboxylic acid groups (broad SMARTS) is 1. The summed E-state index contributed by atoms with van der Waals surface area (Å²) < 4.78 is 5.74. The highest BCUT2D eigenvalue weighted by Gasteiger charge is 2.28. The van der Waals surface area contributed by atoms with Crippen LogP contribution in [0.2, 0.25) is 5.15 Å². The third-order valence-corrected chi connectivity index (χ3v) is 6.02. The number of hydrogen-bond donors (Lipinski definition) is 2. The number of nitrogens with zero attached hydrogens (tertiary/aromatic N) is 5. The summed E-state index contributed by atoms with van der Waals surface area (Å²) in [6.45, 7) is 9.00. The lowest BCUT2D eigenvalue weighted by molar-refractivity contribution is 0.0340. The molecule has 3 atom stereocenters. The first-order valence-corrected chi connectivity index (χ1v) is 11.3. The molecule has 0 bridgehead atoms. The van der Waals surface area contributed by atoms with Crippen LogP contribution in [0.25, 0.3) is 11.0 Å². The minimum atomic E-state index is -1.18. The molecule has 9 nitrogen and oxygen atoms in total. The van der Waals surface area contributed by atoms with Gasteiger partial charge in [0.05, 0.1) is 41.5 Å². The van der Waals surface area contributed by atoms with Crippen molar-refractivity contribution >= 4 is 40.1 Å². The number of rotatable bonds is 5. The largest absolute Gasteiger partial charge is 0.476 e. The molecular formula is C24H25ClN6O3. The van der Waals surface area contributed by atoms with E-state index in [0.717, 1.165) is 11.1 Å². The number of aromatic carboxylic acids is 1. The van der Waals surface area contributed by atoms with Gasteiger partial charge in [-0.2, -0.15) is 5.26 Å². The summed E-state index contributed by atoms with van der Waals surface area (Å²) in [6.07, 6.45) is 0.00478. The molecular weight excluding hydrogens is 456 g/mol. The average molecular weight is 481 g/mol. The Labute approximate surface area is 202 Å².